The number of likely N-dealkylation sites (tertiary alicyclic amines) is 2. The van der Waals surface area contributed by atoms with Gasteiger partial charge in [-0.3, -0.25) is 9.69 Å². The quantitative estimate of drug-likeness (QED) is 0.758. The average Bonchev–Trinajstić information content (AvgIpc) is 2.89. The zero-order valence-corrected chi connectivity index (χ0v) is 12.8. The largest absolute Gasteiger partial charge is 0.447 e. The van der Waals surface area contributed by atoms with Gasteiger partial charge in [0.1, 0.15) is 6.61 Å². The van der Waals surface area contributed by atoms with E-state index in [2.05, 4.69) is 16.1 Å². The Balaban J connectivity index is 1.59. The highest BCUT2D eigenvalue weighted by Gasteiger charge is 2.44. The lowest BCUT2D eigenvalue weighted by molar-refractivity contribution is -0.139. The summed E-state index contributed by atoms with van der Waals surface area (Å²) < 4.78 is 5.02. The van der Waals surface area contributed by atoms with Crippen LogP contribution in [0.1, 0.15) is 32.1 Å². The van der Waals surface area contributed by atoms with Crippen molar-refractivity contribution in [1.29, 1.82) is 0 Å². The van der Waals surface area contributed by atoms with Gasteiger partial charge in [-0.25, -0.2) is 4.79 Å². The first-order chi connectivity index (χ1) is 10.6. The zero-order valence-electron chi connectivity index (χ0n) is 12.8. The van der Waals surface area contributed by atoms with Crippen molar-refractivity contribution in [2.45, 2.75) is 43.7 Å². The minimum Gasteiger partial charge on any atom is -0.447 e. The highest BCUT2D eigenvalue weighted by atomic mass is 16.6. The first kappa shape index (κ1) is 15.2. The molecule has 0 aromatic rings. The van der Waals surface area contributed by atoms with Crippen LogP contribution in [0.25, 0.3) is 0 Å². The number of alkyl carbamates (subject to hydrolysis) is 1. The maximum absolute atomic E-state index is 12.8. The minimum atomic E-state index is -0.341. The molecular weight excluding hydrogens is 282 g/mol. The molecule has 0 aromatic carbocycles. The SMILES string of the molecule is C#CCN1CCCCC1C(=O)N1CCC2(CC1)COC(=O)N2. The van der Waals surface area contributed by atoms with Crippen molar-refractivity contribution in [2.75, 3.05) is 32.8 Å². The second-order valence-corrected chi connectivity index (χ2v) is 6.49. The Hall–Kier alpha value is -1.74. The summed E-state index contributed by atoms with van der Waals surface area (Å²) in [4.78, 5) is 28.1. The Morgan fingerprint density at radius 1 is 1.36 bits per heavy atom. The molecule has 3 fully saturated rings. The predicted octanol–water partition coefficient (Wildman–Crippen LogP) is 0.575. The van der Waals surface area contributed by atoms with Gasteiger partial charge in [0.15, 0.2) is 0 Å². The fourth-order valence-corrected chi connectivity index (χ4v) is 3.70. The first-order valence-electron chi connectivity index (χ1n) is 8.05. The third-order valence-electron chi connectivity index (χ3n) is 5.07. The van der Waals surface area contributed by atoms with E-state index in [4.69, 9.17) is 11.2 Å². The lowest BCUT2D eigenvalue weighted by Crippen LogP contribution is -2.57. The summed E-state index contributed by atoms with van der Waals surface area (Å²) in [6.45, 7) is 3.20. The number of terminal acetylenes is 1. The highest BCUT2D eigenvalue weighted by Crippen LogP contribution is 2.28. The molecule has 1 unspecified atom stereocenters. The number of amides is 2. The molecule has 0 aromatic heterocycles. The molecule has 22 heavy (non-hydrogen) atoms. The van der Waals surface area contributed by atoms with E-state index >= 15 is 0 Å². The molecule has 1 N–H and O–H groups in total. The van der Waals surface area contributed by atoms with Crippen molar-refractivity contribution in [3.63, 3.8) is 0 Å². The summed E-state index contributed by atoms with van der Waals surface area (Å²) in [5.41, 5.74) is -0.265. The van der Waals surface area contributed by atoms with Crippen LogP contribution in [0.3, 0.4) is 0 Å². The average molecular weight is 305 g/mol. The van der Waals surface area contributed by atoms with E-state index < -0.39 is 0 Å². The number of hydrogen-bond acceptors (Lipinski definition) is 4. The van der Waals surface area contributed by atoms with Crippen LogP contribution < -0.4 is 5.32 Å². The van der Waals surface area contributed by atoms with Crippen LogP contribution in [0, 0.1) is 12.3 Å². The molecule has 2 amide bonds. The molecule has 6 heteroatoms. The van der Waals surface area contributed by atoms with Crippen LogP contribution in [-0.2, 0) is 9.53 Å². The second-order valence-electron chi connectivity index (χ2n) is 6.49. The van der Waals surface area contributed by atoms with Crippen LogP contribution in [0.15, 0.2) is 0 Å². The number of rotatable bonds is 2. The maximum atomic E-state index is 12.8. The summed E-state index contributed by atoms with van der Waals surface area (Å²) in [6, 6.07) is -0.0757. The topological polar surface area (TPSA) is 61.9 Å². The third-order valence-corrected chi connectivity index (χ3v) is 5.07. The number of hydrogen-bond donors (Lipinski definition) is 1. The number of nitrogens with one attached hydrogen (secondary N) is 1. The van der Waals surface area contributed by atoms with Gasteiger partial charge in [-0.15, -0.1) is 6.42 Å². The van der Waals surface area contributed by atoms with Gasteiger partial charge < -0.3 is 15.0 Å². The predicted molar refractivity (Wildman–Crippen MR) is 81.1 cm³/mol. The lowest BCUT2D eigenvalue weighted by atomic mass is 9.88. The van der Waals surface area contributed by atoms with Crippen molar-refractivity contribution in [3.05, 3.63) is 0 Å². The summed E-state index contributed by atoms with van der Waals surface area (Å²) in [7, 11) is 0. The fourth-order valence-electron chi connectivity index (χ4n) is 3.70. The van der Waals surface area contributed by atoms with Crippen LogP contribution in [-0.4, -0.2) is 66.2 Å². The molecular formula is C16H23N3O3. The number of cyclic esters (lactones) is 1. The highest BCUT2D eigenvalue weighted by molar-refractivity contribution is 5.82. The normalized spacial score (nSPS) is 28.0. The van der Waals surface area contributed by atoms with Crippen molar-refractivity contribution in [3.8, 4) is 12.3 Å². The van der Waals surface area contributed by atoms with Crippen molar-refractivity contribution < 1.29 is 14.3 Å². The van der Waals surface area contributed by atoms with Gasteiger partial charge in [0.25, 0.3) is 0 Å². The Labute approximate surface area is 131 Å². The van der Waals surface area contributed by atoms with E-state index in [1.165, 1.54) is 0 Å². The van der Waals surface area contributed by atoms with E-state index in [0.29, 0.717) is 26.2 Å². The summed E-state index contributed by atoms with van der Waals surface area (Å²) >= 11 is 0. The van der Waals surface area contributed by atoms with E-state index in [-0.39, 0.29) is 23.6 Å². The zero-order chi connectivity index (χ0) is 15.6. The molecule has 0 aliphatic carbocycles. The van der Waals surface area contributed by atoms with Gasteiger partial charge in [-0.05, 0) is 32.2 Å². The standard InChI is InChI=1S/C16H23N3O3/c1-2-8-18-9-4-3-5-13(18)14(20)19-10-6-16(7-11-19)12-22-15(21)17-16/h1,13H,3-12H2,(H,17,21). The van der Waals surface area contributed by atoms with Crippen LogP contribution in [0.5, 0.6) is 0 Å². The molecule has 3 rings (SSSR count). The van der Waals surface area contributed by atoms with Crippen LogP contribution in [0.2, 0.25) is 0 Å². The van der Waals surface area contributed by atoms with Gasteiger partial charge in [0.2, 0.25) is 5.91 Å². The van der Waals surface area contributed by atoms with Gasteiger partial charge >= 0.3 is 6.09 Å². The number of carbonyl (C=O) groups is 2. The van der Waals surface area contributed by atoms with Crippen molar-refractivity contribution in [1.82, 2.24) is 15.1 Å². The second kappa shape index (κ2) is 6.17. The van der Waals surface area contributed by atoms with Crippen LogP contribution in [0.4, 0.5) is 4.79 Å². The van der Waals surface area contributed by atoms with Crippen LogP contribution >= 0.6 is 0 Å². The molecule has 6 nitrogen and oxygen atoms in total. The number of piperidine rings is 2. The minimum absolute atomic E-state index is 0.0757. The number of carbonyl (C=O) groups excluding carboxylic acids is 2. The molecule has 3 heterocycles. The summed E-state index contributed by atoms with van der Waals surface area (Å²) in [5, 5.41) is 2.90. The monoisotopic (exact) mass is 305 g/mol. The Kier molecular flexibility index (Phi) is 4.25. The Morgan fingerprint density at radius 3 is 2.77 bits per heavy atom. The number of nitrogens with zero attached hydrogens (tertiary/aromatic N) is 2. The fraction of sp³-hybridized carbons (Fsp3) is 0.750. The molecule has 0 bridgehead atoms. The smallest absolute Gasteiger partial charge is 0.407 e. The van der Waals surface area contributed by atoms with E-state index in [9.17, 15) is 9.59 Å². The van der Waals surface area contributed by atoms with E-state index in [1.807, 2.05) is 4.90 Å². The molecule has 1 spiro atoms. The van der Waals surface area contributed by atoms with Crippen molar-refractivity contribution in [2.24, 2.45) is 0 Å². The van der Waals surface area contributed by atoms with Gasteiger partial charge in [0, 0.05) is 13.1 Å². The molecule has 1 atom stereocenters. The summed E-state index contributed by atoms with van der Waals surface area (Å²) in [5.74, 6) is 2.85. The van der Waals surface area contributed by atoms with Crippen molar-refractivity contribution >= 4 is 12.0 Å². The lowest BCUT2D eigenvalue weighted by Gasteiger charge is -2.41. The Morgan fingerprint density at radius 2 is 2.14 bits per heavy atom. The first-order valence-corrected chi connectivity index (χ1v) is 8.05. The molecule has 3 saturated heterocycles. The molecule has 3 aliphatic heterocycles. The maximum Gasteiger partial charge on any atom is 0.407 e. The third kappa shape index (κ3) is 2.91. The summed E-state index contributed by atoms with van der Waals surface area (Å²) in [6.07, 6.45) is 9.68. The molecule has 120 valence electrons. The molecule has 0 saturated carbocycles. The van der Waals surface area contributed by atoms with Gasteiger partial charge in [-0.1, -0.05) is 12.3 Å². The van der Waals surface area contributed by atoms with Gasteiger partial charge in [-0.2, -0.15) is 0 Å². The van der Waals surface area contributed by atoms with E-state index in [1.54, 1.807) is 0 Å². The molecule has 0 radical (unpaired) electrons. The van der Waals surface area contributed by atoms with Gasteiger partial charge in [0.05, 0.1) is 18.1 Å². The molecule has 3 aliphatic rings. The Bertz CT molecular complexity index is 491. The number of ether oxygens (including phenoxy) is 1. The van der Waals surface area contributed by atoms with E-state index in [0.717, 1.165) is 38.6 Å².